The van der Waals surface area contributed by atoms with Gasteiger partial charge in [-0.2, -0.15) is 0 Å². The van der Waals surface area contributed by atoms with Gasteiger partial charge in [-0.25, -0.2) is 9.97 Å². The molecule has 0 saturated carbocycles. The Balaban J connectivity index is 1.67. The van der Waals surface area contributed by atoms with Gasteiger partial charge >= 0.3 is 0 Å². The molecule has 0 aromatic carbocycles. The van der Waals surface area contributed by atoms with Crippen LogP contribution in [0.25, 0.3) is 0 Å². The van der Waals surface area contributed by atoms with E-state index < -0.39 is 0 Å². The standard InChI is InChI=1S/C17H29N5/c1-4-15-12-18-16(19-13-15)22-10-6-17(7-11-22)14-20(2)8-5-9-21(17)3/h12-13H,4-11,14H2,1-3H3. The maximum atomic E-state index is 4.55. The molecular weight excluding hydrogens is 274 g/mol. The molecule has 122 valence electrons. The Labute approximate surface area is 134 Å². The summed E-state index contributed by atoms with van der Waals surface area (Å²) in [6.45, 7) is 7.88. The van der Waals surface area contributed by atoms with Crippen molar-refractivity contribution >= 4 is 5.95 Å². The summed E-state index contributed by atoms with van der Waals surface area (Å²) in [6, 6.07) is 0. The summed E-state index contributed by atoms with van der Waals surface area (Å²) in [5.74, 6) is 0.900. The number of aryl methyl sites for hydroxylation is 1. The van der Waals surface area contributed by atoms with Crippen molar-refractivity contribution in [3.05, 3.63) is 18.0 Å². The number of hydrogen-bond acceptors (Lipinski definition) is 5. The highest BCUT2D eigenvalue weighted by molar-refractivity contribution is 5.31. The second-order valence-corrected chi connectivity index (χ2v) is 6.97. The van der Waals surface area contributed by atoms with Crippen molar-refractivity contribution in [1.82, 2.24) is 19.8 Å². The average molecular weight is 303 g/mol. The van der Waals surface area contributed by atoms with Crippen LogP contribution in [0.4, 0.5) is 5.95 Å². The molecule has 1 aromatic rings. The van der Waals surface area contributed by atoms with Crippen LogP contribution in [-0.2, 0) is 6.42 Å². The van der Waals surface area contributed by atoms with E-state index >= 15 is 0 Å². The lowest BCUT2D eigenvalue weighted by Gasteiger charge is -2.47. The van der Waals surface area contributed by atoms with E-state index in [9.17, 15) is 0 Å². The molecule has 0 aliphatic carbocycles. The van der Waals surface area contributed by atoms with Crippen molar-refractivity contribution in [2.24, 2.45) is 0 Å². The summed E-state index contributed by atoms with van der Waals surface area (Å²) in [5.41, 5.74) is 1.55. The molecule has 0 radical (unpaired) electrons. The van der Waals surface area contributed by atoms with E-state index in [1.807, 2.05) is 12.4 Å². The molecule has 5 nitrogen and oxygen atoms in total. The molecule has 0 N–H and O–H groups in total. The van der Waals surface area contributed by atoms with Gasteiger partial charge in [0.2, 0.25) is 5.95 Å². The van der Waals surface area contributed by atoms with E-state index in [0.717, 1.165) is 25.5 Å². The van der Waals surface area contributed by atoms with E-state index in [1.165, 1.54) is 44.5 Å². The van der Waals surface area contributed by atoms with Gasteiger partial charge in [-0.1, -0.05) is 6.92 Å². The molecule has 2 aliphatic heterocycles. The smallest absolute Gasteiger partial charge is 0.225 e. The molecule has 0 amide bonds. The number of rotatable bonds is 2. The van der Waals surface area contributed by atoms with Crippen molar-refractivity contribution < 1.29 is 0 Å². The van der Waals surface area contributed by atoms with E-state index in [-0.39, 0.29) is 0 Å². The Bertz CT molecular complexity index is 478. The predicted molar refractivity (Wildman–Crippen MR) is 90.3 cm³/mol. The number of likely N-dealkylation sites (N-methyl/N-ethyl adjacent to an activating group) is 2. The molecule has 5 heteroatoms. The first-order chi connectivity index (χ1) is 10.6. The molecular formula is C17H29N5. The van der Waals surface area contributed by atoms with E-state index in [0.29, 0.717) is 5.54 Å². The molecule has 1 spiro atoms. The second-order valence-electron chi connectivity index (χ2n) is 6.97. The van der Waals surface area contributed by atoms with Gasteiger partial charge in [0.05, 0.1) is 0 Å². The van der Waals surface area contributed by atoms with Gasteiger partial charge in [0.25, 0.3) is 0 Å². The summed E-state index contributed by atoms with van der Waals surface area (Å²) in [6.07, 6.45) is 8.62. The van der Waals surface area contributed by atoms with Gasteiger partial charge in [-0.05, 0) is 58.4 Å². The van der Waals surface area contributed by atoms with Crippen LogP contribution in [0.15, 0.2) is 12.4 Å². The van der Waals surface area contributed by atoms with Crippen molar-refractivity contribution in [3.8, 4) is 0 Å². The molecule has 3 rings (SSSR count). The predicted octanol–water partition coefficient (Wildman–Crippen LogP) is 1.65. The van der Waals surface area contributed by atoms with E-state index in [4.69, 9.17) is 0 Å². The van der Waals surface area contributed by atoms with Crippen LogP contribution < -0.4 is 4.90 Å². The third-order valence-corrected chi connectivity index (χ3v) is 5.48. The normalized spacial score (nSPS) is 23.7. The molecule has 3 heterocycles. The summed E-state index contributed by atoms with van der Waals surface area (Å²) >= 11 is 0. The van der Waals surface area contributed by atoms with Crippen LogP contribution in [0.1, 0.15) is 31.7 Å². The Morgan fingerprint density at radius 1 is 1.05 bits per heavy atom. The molecule has 0 atom stereocenters. The SMILES string of the molecule is CCc1cnc(N2CCC3(CC2)CN(C)CCCN3C)nc1. The highest BCUT2D eigenvalue weighted by Crippen LogP contribution is 2.31. The lowest BCUT2D eigenvalue weighted by molar-refractivity contribution is 0.0783. The Hall–Kier alpha value is -1.20. The van der Waals surface area contributed by atoms with Gasteiger partial charge in [0.15, 0.2) is 0 Å². The number of nitrogens with zero attached hydrogens (tertiary/aromatic N) is 5. The highest BCUT2D eigenvalue weighted by Gasteiger charge is 2.40. The largest absolute Gasteiger partial charge is 0.341 e. The monoisotopic (exact) mass is 303 g/mol. The first-order valence-electron chi connectivity index (χ1n) is 8.59. The van der Waals surface area contributed by atoms with Crippen LogP contribution >= 0.6 is 0 Å². The number of hydrogen-bond donors (Lipinski definition) is 0. The molecule has 0 bridgehead atoms. The summed E-state index contributed by atoms with van der Waals surface area (Å²) in [4.78, 5) is 16.6. The van der Waals surface area contributed by atoms with Gasteiger partial charge in [0, 0.05) is 37.6 Å². The lowest BCUT2D eigenvalue weighted by atomic mass is 9.85. The van der Waals surface area contributed by atoms with Gasteiger partial charge in [0.1, 0.15) is 0 Å². The molecule has 2 fully saturated rings. The molecule has 2 saturated heterocycles. The zero-order valence-electron chi connectivity index (χ0n) is 14.3. The van der Waals surface area contributed by atoms with Crippen LogP contribution in [0, 0.1) is 0 Å². The van der Waals surface area contributed by atoms with Crippen molar-refractivity contribution in [3.63, 3.8) is 0 Å². The first-order valence-corrected chi connectivity index (χ1v) is 8.59. The number of aromatic nitrogens is 2. The Morgan fingerprint density at radius 3 is 2.36 bits per heavy atom. The Kier molecular flexibility index (Phi) is 4.64. The molecule has 22 heavy (non-hydrogen) atoms. The number of piperidine rings is 1. The van der Waals surface area contributed by atoms with Crippen LogP contribution in [0.2, 0.25) is 0 Å². The summed E-state index contributed by atoms with van der Waals surface area (Å²) in [5, 5.41) is 0. The highest BCUT2D eigenvalue weighted by atomic mass is 15.3. The first kappa shape index (κ1) is 15.7. The third kappa shape index (κ3) is 3.10. The topological polar surface area (TPSA) is 35.5 Å². The fraction of sp³-hybridized carbons (Fsp3) is 0.765. The van der Waals surface area contributed by atoms with Crippen LogP contribution in [0.3, 0.4) is 0 Å². The Morgan fingerprint density at radius 2 is 1.73 bits per heavy atom. The minimum Gasteiger partial charge on any atom is -0.341 e. The van der Waals surface area contributed by atoms with E-state index in [2.05, 4.69) is 45.7 Å². The van der Waals surface area contributed by atoms with Crippen molar-refractivity contribution in [2.75, 3.05) is 51.7 Å². The maximum absolute atomic E-state index is 4.55. The average Bonchev–Trinajstić information content (AvgIpc) is 2.68. The summed E-state index contributed by atoms with van der Waals surface area (Å²) < 4.78 is 0. The number of anilines is 1. The minimum absolute atomic E-state index is 0.338. The fourth-order valence-corrected chi connectivity index (χ4v) is 3.87. The summed E-state index contributed by atoms with van der Waals surface area (Å²) in [7, 11) is 4.57. The fourth-order valence-electron chi connectivity index (χ4n) is 3.87. The van der Waals surface area contributed by atoms with Crippen molar-refractivity contribution in [1.29, 1.82) is 0 Å². The van der Waals surface area contributed by atoms with E-state index in [1.54, 1.807) is 0 Å². The van der Waals surface area contributed by atoms with Gasteiger partial charge in [-0.3, -0.25) is 4.90 Å². The zero-order valence-corrected chi connectivity index (χ0v) is 14.3. The quantitative estimate of drug-likeness (QED) is 0.830. The van der Waals surface area contributed by atoms with Crippen LogP contribution in [-0.4, -0.2) is 72.1 Å². The molecule has 2 aliphatic rings. The third-order valence-electron chi connectivity index (χ3n) is 5.48. The van der Waals surface area contributed by atoms with Gasteiger partial charge in [-0.15, -0.1) is 0 Å². The minimum atomic E-state index is 0.338. The molecule has 0 unspecified atom stereocenters. The second kappa shape index (κ2) is 6.50. The van der Waals surface area contributed by atoms with Gasteiger partial charge < -0.3 is 9.80 Å². The zero-order chi connectivity index (χ0) is 15.6. The molecule has 1 aromatic heterocycles. The van der Waals surface area contributed by atoms with Crippen molar-refractivity contribution in [2.45, 2.75) is 38.1 Å². The lowest BCUT2D eigenvalue weighted by Crippen LogP contribution is -2.58. The van der Waals surface area contributed by atoms with Crippen LogP contribution in [0.5, 0.6) is 0 Å². The maximum Gasteiger partial charge on any atom is 0.225 e.